The van der Waals surface area contributed by atoms with E-state index in [0.29, 0.717) is 6.54 Å². The number of β-amino-alcohol motifs (C(OH)–C–C–N with tert-alkyl or cyclic N) is 1. The molecule has 0 aromatic carbocycles. The predicted octanol–water partition coefficient (Wildman–Crippen LogP) is 2.49. The first kappa shape index (κ1) is 15.3. The molecule has 112 valence electrons. The van der Waals surface area contributed by atoms with Crippen molar-refractivity contribution >= 4 is 5.82 Å². The van der Waals surface area contributed by atoms with Gasteiger partial charge in [-0.2, -0.15) is 0 Å². The summed E-state index contributed by atoms with van der Waals surface area (Å²) in [6.45, 7) is 8.96. The van der Waals surface area contributed by atoms with Crippen LogP contribution in [-0.4, -0.2) is 35.3 Å². The van der Waals surface area contributed by atoms with Crippen molar-refractivity contribution in [3.05, 3.63) is 23.9 Å². The van der Waals surface area contributed by atoms with Gasteiger partial charge in [-0.1, -0.05) is 6.07 Å². The molecule has 0 saturated carbocycles. The number of hydrogen-bond acceptors (Lipinski definition) is 4. The van der Waals surface area contributed by atoms with Crippen molar-refractivity contribution < 1.29 is 5.11 Å². The molecule has 2 heterocycles. The molecule has 0 bridgehead atoms. The van der Waals surface area contributed by atoms with E-state index in [0.717, 1.165) is 24.6 Å². The highest BCUT2D eigenvalue weighted by molar-refractivity contribution is 5.39. The zero-order valence-electron chi connectivity index (χ0n) is 12.9. The van der Waals surface area contributed by atoms with Crippen LogP contribution in [0.25, 0.3) is 0 Å². The Balaban J connectivity index is 2.01. The minimum absolute atomic E-state index is 0.00542. The quantitative estimate of drug-likeness (QED) is 0.888. The summed E-state index contributed by atoms with van der Waals surface area (Å²) in [7, 11) is 0. The molecule has 2 rings (SSSR count). The van der Waals surface area contributed by atoms with Crippen molar-refractivity contribution in [3.63, 3.8) is 0 Å². The summed E-state index contributed by atoms with van der Waals surface area (Å²) in [5.74, 6) is 0.997. The topological polar surface area (TPSA) is 48.4 Å². The first-order valence-electron chi connectivity index (χ1n) is 7.61. The number of hydrogen-bond donors (Lipinski definition) is 2. The Morgan fingerprint density at radius 2 is 1.95 bits per heavy atom. The largest absolute Gasteiger partial charge is 0.385 e. The fourth-order valence-corrected chi connectivity index (χ4v) is 2.43. The van der Waals surface area contributed by atoms with Crippen LogP contribution in [0.15, 0.2) is 18.2 Å². The molecule has 1 aliphatic rings. The summed E-state index contributed by atoms with van der Waals surface area (Å²) in [6, 6.07) is 5.94. The maximum absolute atomic E-state index is 10.3. The Labute approximate surface area is 122 Å². The molecule has 0 spiro atoms. The third-order valence-electron chi connectivity index (χ3n) is 3.60. The molecule has 4 heteroatoms. The van der Waals surface area contributed by atoms with Crippen LogP contribution in [0.3, 0.4) is 0 Å². The van der Waals surface area contributed by atoms with E-state index < -0.39 is 6.10 Å². The van der Waals surface area contributed by atoms with Crippen LogP contribution >= 0.6 is 0 Å². The lowest BCUT2D eigenvalue weighted by atomic mass is 10.1. The maximum Gasteiger partial charge on any atom is 0.128 e. The molecule has 1 fully saturated rings. The van der Waals surface area contributed by atoms with Crippen LogP contribution in [0.1, 0.15) is 51.8 Å². The van der Waals surface area contributed by atoms with Gasteiger partial charge in [-0.05, 0) is 52.2 Å². The van der Waals surface area contributed by atoms with Gasteiger partial charge in [0.1, 0.15) is 11.9 Å². The molecule has 1 aliphatic heterocycles. The normalized spacial score (nSPS) is 18.1. The Kier molecular flexibility index (Phi) is 5.00. The highest BCUT2D eigenvalue weighted by atomic mass is 16.3. The van der Waals surface area contributed by atoms with Crippen LogP contribution in [0.2, 0.25) is 0 Å². The highest BCUT2D eigenvalue weighted by Gasteiger charge is 2.17. The molecule has 1 aromatic rings. The third-order valence-corrected chi connectivity index (χ3v) is 3.60. The minimum Gasteiger partial charge on any atom is -0.385 e. The number of aromatic nitrogens is 1. The summed E-state index contributed by atoms with van der Waals surface area (Å²) in [5.41, 5.74) is 0.760. The number of nitrogens with zero attached hydrogens (tertiary/aromatic N) is 2. The van der Waals surface area contributed by atoms with E-state index in [1.165, 1.54) is 19.3 Å². The lowest BCUT2D eigenvalue weighted by Gasteiger charge is -2.28. The maximum atomic E-state index is 10.3. The van der Waals surface area contributed by atoms with E-state index in [-0.39, 0.29) is 5.54 Å². The van der Waals surface area contributed by atoms with E-state index in [4.69, 9.17) is 0 Å². The van der Waals surface area contributed by atoms with Crippen molar-refractivity contribution in [3.8, 4) is 0 Å². The van der Waals surface area contributed by atoms with Crippen LogP contribution in [0.5, 0.6) is 0 Å². The van der Waals surface area contributed by atoms with Gasteiger partial charge in [-0.25, -0.2) is 4.98 Å². The van der Waals surface area contributed by atoms with Crippen LogP contribution in [0.4, 0.5) is 5.82 Å². The lowest BCUT2D eigenvalue weighted by Crippen LogP contribution is -2.38. The number of nitrogens with one attached hydrogen (secondary N) is 1. The average Bonchev–Trinajstić information content (AvgIpc) is 2.45. The molecular weight excluding hydrogens is 250 g/mol. The molecule has 1 atom stereocenters. The van der Waals surface area contributed by atoms with Gasteiger partial charge in [0, 0.05) is 25.2 Å². The first-order chi connectivity index (χ1) is 9.46. The Hall–Kier alpha value is -1.13. The zero-order valence-corrected chi connectivity index (χ0v) is 12.9. The van der Waals surface area contributed by atoms with Gasteiger partial charge in [0.2, 0.25) is 0 Å². The van der Waals surface area contributed by atoms with E-state index in [1.54, 1.807) is 0 Å². The summed E-state index contributed by atoms with van der Waals surface area (Å²) in [4.78, 5) is 6.95. The monoisotopic (exact) mass is 277 g/mol. The van der Waals surface area contributed by atoms with Crippen molar-refractivity contribution in [2.45, 2.75) is 51.7 Å². The van der Waals surface area contributed by atoms with Crippen LogP contribution in [-0.2, 0) is 0 Å². The number of rotatable bonds is 4. The molecule has 4 nitrogen and oxygen atoms in total. The second kappa shape index (κ2) is 6.55. The van der Waals surface area contributed by atoms with Crippen molar-refractivity contribution in [2.24, 2.45) is 0 Å². The molecular formula is C16H27N3O. The summed E-state index contributed by atoms with van der Waals surface area (Å²) >= 11 is 0. The summed E-state index contributed by atoms with van der Waals surface area (Å²) in [6.07, 6.45) is 3.23. The molecule has 0 amide bonds. The average molecular weight is 277 g/mol. The van der Waals surface area contributed by atoms with E-state index in [2.05, 4.69) is 36.0 Å². The van der Waals surface area contributed by atoms with Crippen molar-refractivity contribution in [2.75, 3.05) is 24.5 Å². The SMILES string of the molecule is CC(C)(C)NC[C@H](O)c1cccc(N2CCCCC2)n1. The molecule has 1 aromatic heterocycles. The van der Waals surface area contributed by atoms with Gasteiger partial charge in [0.05, 0.1) is 5.69 Å². The molecule has 0 unspecified atom stereocenters. The van der Waals surface area contributed by atoms with Crippen molar-refractivity contribution in [1.82, 2.24) is 10.3 Å². The highest BCUT2D eigenvalue weighted by Crippen LogP contribution is 2.20. The second-order valence-corrected chi connectivity index (χ2v) is 6.62. The Morgan fingerprint density at radius 1 is 1.25 bits per heavy atom. The predicted molar refractivity (Wildman–Crippen MR) is 83.0 cm³/mol. The van der Waals surface area contributed by atoms with Gasteiger partial charge in [-0.15, -0.1) is 0 Å². The molecule has 1 saturated heterocycles. The number of anilines is 1. The fourth-order valence-electron chi connectivity index (χ4n) is 2.43. The van der Waals surface area contributed by atoms with E-state index >= 15 is 0 Å². The minimum atomic E-state index is -0.557. The zero-order chi connectivity index (χ0) is 14.6. The summed E-state index contributed by atoms with van der Waals surface area (Å²) < 4.78 is 0. The van der Waals surface area contributed by atoms with E-state index in [1.807, 2.05) is 18.2 Å². The second-order valence-electron chi connectivity index (χ2n) is 6.62. The van der Waals surface area contributed by atoms with Crippen molar-refractivity contribution in [1.29, 1.82) is 0 Å². The molecule has 2 N–H and O–H groups in total. The Morgan fingerprint density at radius 3 is 2.60 bits per heavy atom. The number of piperidine rings is 1. The van der Waals surface area contributed by atoms with Gasteiger partial charge in [0.15, 0.2) is 0 Å². The standard InChI is InChI=1S/C16H27N3O/c1-16(2,3)17-12-14(20)13-8-7-9-15(18-13)19-10-5-4-6-11-19/h7-9,14,17,20H,4-6,10-12H2,1-3H3/t14-/m0/s1. The lowest BCUT2D eigenvalue weighted by molar-refractivity contribution is 0.159. The Bertz CT molecular complexity index is 422. The number of aliphatic hydroxyl groups is 1. The van der Waals surface area contributed by atoms with Gasteiger partial charge >= 0.3 is 0 Å². The molecule has 0 radical (unpaired) electrons. The van der Waals surface area contributed by atoms with Crippen LogP contribution in [0, 0.1) is 0 Å². The molecule has 0 aliphatic carbocycles. The first-order valence-corrected chi connectivity index (χ1v) is 7.61. The number of pyridine rings is 1. The van der Waals surface area contributed by atoms with E-state index in [9.17, 15) is 5.11 Å². The molecule has 20 heavy (non-hydrogen) atoms. The van der Waals surface area contributed by atoms with Crippen LogP contribution < -0.4 is 10.2 Å². The van der Waals surface area contributed by atoms with Gasteiger partial charge in [-0.3, -0.25) is 0 Å². The van der Waals surface area contributed by atoms with Gasteiger partial charge < -0.3 is 15.3 Å². The number of aliphatic hydroxyl groups excluding tert-OH is 1. The fraction of sp³-hybridized carbons (Fsp3) is 0.688. The summed E-state index contributed by atoms with van der Waals surface area (Å²) in [5, 5.41) is 13.6. The smallest absolute Gasteiger partial charge is 0.128 e. The van der Waals surface area contributed by atoms with Gasteiger partial charge in [0.25, 0.3) is 0 Å². The third kappa shape index (κ3) is 4.46.